The summed E-state index contributed by atoms with van der Waals surface area (Å²) in [6, 6.07) is 6.24. The number of halogens is 1. The number of anilines is 1. The number of aromatic nitrogens is 2. The third kappa shape index (κ3) is 2.77. The number of hydrogen-bond donors (Lipinski definition) is 1. The van der Waals surface area contributed by atoms with Gasteiger partial charge in [0.2, 0.25) is 5.89 Å². The van der Waals surface area contributed by atoms with Crippen molar-refractivity contribution >= 4 is 17.3 Å². The standard InChI is InChI=1S/C12H14ClN3O/c1-3-9-6-4-5-8(2)11(9)14-7-10-15-16-12(13)17-10/h4-6,14H,3,7H2,1-2H3. The molecule has 1 aromatic heterocycles. The smallest absolute Gasteiger partial charge is 0.312 e. The Morgan fingerprint density at radius 1 is 1.35 bits per heavy atom. The van der Waals surface area contributed by atoms with Crippen LogP contribution in [0.5, 0.6) is 0 Å². The number of nitrogens with zero attached hydrogens (tertiary/aromatic N) is 2. The number of nitrogens with one attached hydrogen (secondary N) is 1. The first-order valence-corrected chi connectivity index (χ1v) is 5.88. The number of benzene rings is 1. The van der Waals surface area contributed by atoms with Gasteiger partial charge < -0.3 is 9.73 Å². The molecule has 0 bridgehead atoms. The molecule has 0 aliphatic heterocycles. The molecule has 0 saturated carbocycles. The zero-order valence-electron chi connectivity index (χ0n) is 9.83. The molecule has 0 fully saturated rings. The summed E-state index contributed by atoms with van der Waals surface area (Å²) >= 11 is 5.56. The van der Waals surface area contributed by atoms with Gasteiger partial charge in [0.1, 0.15) is 0 Å². The van der Waals surface area contributed by atoms with Gasteiger partial charge in [0.05, 0.1) is 6.54 Å². The highest BCUT2D eigenvalue weighted by molar-refractivity contribution is 6.27. The van der Waals surface area contributed by atoms with Crippen molar-refractivity contribution in [2.24, 2.45) is 0 Å². The molecule has 1 aromatic carbocycles. The van der Waals surface area contributed by atoms with E-state index in [0.29, 0.717) is 12.4 Å². The van der Waals surface area contributed by atoms with Crippen molar-refractivity contribution in [2.45, 2.75) is 26.8 Å². The van der Waals surface area contributed by atoms with E-state index in [9.17, 15) is 0 Å². The highest BCUT2D eigenvalue weighted by Crippen LogP contribution is 2.21. The van der Waals surface area contributed by atoms with Crippen LogP contribution in [0, 0.1) is 6.92 Å². The molecule has 17 heavy (non-hydrogen) atoms. The van der Waals surface area contributed by atoms with E-state index in [1.54, 1.807) is 0 Å². The first-order valence-electron chi connectivity index (χ1n) is 5.51. The Labute approximate surface area is 105 Å². The third-order valence-electron chi connectivity index (χ3n) is 2.60. The van der Waals surface area contributed by atoms with Crippen LogP contribution in [0.25, 0.3) is 0 Å². The fraction of sp³-hybridized carbons (Fsp3) is 0.333. The first kappa shape index (κ1) is 11.9. The van der Waals surface area contributed by atoms with E-state index in [-0.39, 0.29) is 5.35 Å². The van der Waals surface area contributed by atoms with Crippen LogP contribution in [0.2, 0.25) is 5.35 Å². The molecule has 0 radical (unpaired) electrons. The lowest BCUT2D eigenvalue weighted by Crippen LogP contribution is -2.04. The van der Waals surface area contributed by atoms with Crippen molar-refractivity contribution < 1.29 is 4.42 Å². The SMILES string of the molecule is CCc1cccc(C)c1NCc1nnc(Cl)o1. The molecular formula is C12H14ClN3O. The predicted octanol–water partition coefficient (Wildman–Crippen LogP) is 3.21. The van der Waals surface area contributed by atoms with Crippen molar-refractivity contribution in [3.8, 4) is 0 Å². The first-order chi connectivity index (χ1) is 8.20. The van der Waals surface area contributed by atoms with Crippen LogP contribution in [-0.2, 0) is 13.0 Å². The molecule has 0 aliphatic rings. The Hall–Kier alpha value is -1.55. The van der Waals surface area contributed by atoms with E-state index in [0.717, 1.165) is 12.1 Å². The summed E-state index contributed by atoms with van der Waals surface area (Å²) in [6.07, 6.45) is 0.981. The summed E-state index contributed by atoms with van der Waals surface area (Å²) in [5.41, 5.74) is 3.61. The molecule has 1 heterocycles. The highest BCUT2D eigenvalue weighted by Gasteiger charge is 2.07. The lowest BCUT2D eigenvalue weighted by atomic mass is 10.1. The summed E-state index contributed by atoms with van der Waals surface area (Å²) in [5.74, 6) is 0.486. The second-order valence-corrected chi connectivity index (χ2v) is 4.09. The van der Waals surface area contributed by atoms with Crippen LogP contribution in [0.4, 0.5) is 5.69 Å². The van der Waals surface area contributed by atoms with Gasteiger partial charge in [-0.2, -0.15) is 0 Å². The third-order valence-corrected chi connectivity index (χ3v) is 2.75. The molecule has 0 atom stereocenters. The molecule has 1 N–H and O–H groups in total. The molecule has 0 saturated heterocycles. The average Bonchev–Trinajstić information content (AvgIpc) is 2.73. The van der Waals surface area contributed by atoms with Gasteiger partial charge in [-0.1, -0.05) is 30.2 Å². The summed E-state index contributed by atoms with van der Waals surface area (Å²) in [5, 5.41) is 10.8. The predicted molar refractivity (Wildman–Crippen MR) is 67.2 cm³/mol. The monoisotopic (exact) mass is 251 g/mol. The number of para-hydroxylation sites is 1. The number of aryl methyl sites for hydroxylation is 2. The van der Waals surface area contributed by atoms with Gasteiger partial charge in [0, 0.05) is 5.69 Å². The van der Waals surface area contributed by atoms with Gasteiger partial charge >= 0.3 is 5.35 Å². The van der Waals surface area contributed by atoms with Crippen molar-refractivity contribution in [3.05, 3.63) is 40.6 Å². The summed E-state index contributed by atoms with van der Waals surface area (Å²) in [7, 11) is 0. The Bertz CT molecular complexity index is 510. The maximum absolute atomic E-state index is 5.56. The minimum absolute atomic E-state index is 0.0716. The minimum atomic E-state index is 0.0716. The summed E-state index contributed by atoms with van der Waals surface area (Å²) in [6.45, 7) is 4.68. The lowest BCUT2D eigenvalue weighted by Gasteiger charge is -2.12. The molecule has 0 amide bonds. The van der Waals surface area contributed by atoms with E-state index >= 15 is 0 Å². The molecular weight excluding hydrogens is 238 g/mol. The quantitative estimate of drug-likeness (QED) is 0.907. The van der Waals surface area contributed by atoms with Crippen molar-refractivity contribution in [2.75, 3.05) is 5.32 Å². The van der Waals surface area contributed by atoms with E-state index in [2.05, 4.69) is 47.6 Å². The van der Waals surface area contributed by atoms with Crippen LogP contribution in [-0.4, -0.2) is 10.2 Å². The maximum Gasteiger partial charge on any atom is 0.312 e. The molecule has 0 aliphatic carbocycles. The van der Waals surface area contributed by atoms with Gasteiger partial charge in [-0.15, -0.1) is 5.10 Å². The zero-order valence-corrected chi connectivity index (χ0v) is 10.6. The molecule has 0 spiro atoms. The summed E-state index contributed by atoms with van der Waals surface area (Å²) in [4.78, 5) is 0. The van der Waals surface area contributed by atoms with Crippen molar-refractivity contribution in [1.29, 1.82) is 0 Å². The van der Waals surface area contributed by atoms with Crippen molar-refractivity contribution in [3.63, 3.8) is 0 Å². The largest absolute Gasteiger partial charge is 0.410 e. The average molecular weight is 252 g/mol. The second kappa shape index (κ2) is 5.19. The molecule has 2 aromatic rings. The Morgan fingerprint density at radius 2 is 2.18 bits per heavy atom. The fourth-order valence-electron chi connectivity index (χ4n) is 1.74. The van der Waals surface area contributed by atoms with E-state index in [4.69, 9.17) is 16.0 Å². The van der Waals surface area contributed by atoms with Crippen LogP contribution in [0.3, 0.4) is 0 Å². The zero-order chi connectivity index (χ0) is 12.3. The lowest BCUT2D eigenvalue weighted by molar-refractivity contribution is 0.503. The van der Waals surface area contributed by atoms with Gasteiger partial charge in [-0.05, 0) is 36.1 Å². The van der Waals surface area contributed by atoms with E-state index in [1.165, 1.54) is 11.1 Å². The topological polar surface area (TPSA) is 51.0 Å². The minimum Gasteiger partial charge on any atom is -0.410 e. The van der Waals surface area contributed by atoms with Gasteiger partial charge in [-0.3, -0.25) is 0 Å². The van der Waals surface area contributed by atoms with E-state index in [1.807, 2.05) is 0 Å². The molecule has 5 heteroatoms. The molecule has 0 unspecified atom stereocenters. The van der Waals surface area contributed by atoms with Crippen LogP contribution in [0.15, 0.2) is 22.6 Å². The fourth-order valence-corrected chi connectivity index (χ4v) is 1.87. The van der Waals surface area contributed by atoms with Crippen LogP contribution in [0.1, 0.15) is 23.9 Å². The Kier molecular flexibility index (Phi) is 3.64. The number of rotatable bonds is 4. The second-order valence-electron chi connectivity index (χ2n) is 3.76. The number of hydrogen-bond acceptors (Lipinski definition) is 4. The molecule has 2 rings (SSSR count). The molecule has 4 nitrogen and oxygen atoms in total. The Balaban J connectivity index is 2.13. The van der Waals surface area contributed by atoms with Gasteiger partial charge in [0.25, 0.3) is 0 Å². The Morgan fingerprint density at radius 3 is 2.82 bits per heavy atom. The van der Waals surface area contributed by atoms with Crippen molar-refractivity contribution in [1.82, 2.24) is 10.2 Å². The van der Waals surface area contributed by atoms with Gasteiger partial charge in [0.15, 0.2) is 0 Å². The van der Waals surface area contributed by atoms with Crippen LogP contribution < -0.4 is 5.32 Å². The van der Waals surface area contributed by atoms with Crippen LogP contribution >= 0.6 is 11.6 Å². The summed E-state index contributed by atoms with van der Waals surface area (Å²) < 4.78 is 5.10. The van der Waals surface area contributed by atoms with E-state index < -0.39 is 0 Å². The molecule has 90 valence electrons. The normalized spacial score (nSPS) is 10.5. The van der Waals surface area contributed by atoms with Gasteiger partial charge in [-0.25, -0.2) is 0 Å². The highest BCUT2D eigenvalue weighted by atomic mass is 35.5. The maximum atomic E-state index is 5.56.